The van der Waals surface area contributed by atoms with E-state index in [1.807, 2.05) is 30.3 Å². The van der Waals surface area contributed by atoms with E-state index in [9.17, 15) is 5.11 Å². The first-order valence-corrected chi connectivity index (χ1v) is 6.68. The van der Waals surface area contributed by atoms with Gasteiger partial charge in [0, 0.05) is 12.1 Å². The van der Waals surface area contributed by atoms with Gasteiger partial charge in [0.2, 0.25) is 0 Å². The molecule has 0 aromatic heterocycles. The molecular formula is C15H24N2O. The Balaban J connectivity index is 2.19. The van der Waals surface area contributed by atoms with Crippen molar-refractivity contribution in [2.24, 2.45) is 5.73 Å². The van der Waals surface area contributed by atoms with Crippen molar-refractivity contribution in [3.63, 3.8) is 0 Å². The van der Waals surface area contributed by atoms with Gasteiger partial charge in [0.25, 0.3) is 0 Å². The molecule has 3 heteroatoms. The van der Waals surface area contributed by atoms with Crippen LogP contribution in [0.2, 0.25) is 0 Å². The summed E-state index contributed by atoms with van der Waals surface area (Å²) in [7, 11) is 0. The monoisotopic (exact) mass is 248 g/mol. The van der Waals surface area contributed by atoms with E-state index >= 15 is 0 Å². The number of nitrogens with two attached hydrogens (primary N) is 1. The Morgan fingerprint density at radius 2 is 2.00 bits per heavy atom. The minimum absolute atomic E-state index is 0.0242. The lowest BCUT2D eigenvalue weighted by Gasteiger charge is -2.39. The zero-order valence-corrected chi connectivity index (χ0v) is 11.4. The van der Waals surface area contributed by atoms with Crippen molar-refractivity contribution in [1.82, 2.24) is 4.90 Å². The lowest BCUT2D eigenvalue weighted by atomic mass is 9.89. The number of aliphatic hydroxyl groups excluding tert-OH is 1. The highest BCUT2D eigenvalue weighted by Crippen LogP contribution is 2.31. The quantitative estimate of drug-likeness (QED) is 0.853. The molecule has 1 aliphatic heterocycles. The van der Waals surface area contributed by atoms with Gasteiger partial charge in [-0.05, 0) is 38.8 Å². The molecule has 1 aromatic rings. The van der Waals surface area contributed by atoms with Crippen molar-refractivity contribution >= 4 is 0 Å². The van der Waals surface area contributed by atoms with E-state index in [-0.39, 0.29) is 12.1 Å². The van der Waals surface area contributed by atoms with E-state index in [1.165, 1.54) is 12.8 Å². The Kier molecular flexibility index (Phi) is 3.76. The van der Waals surface area contributed by atoms with Crippen LogP contribution in [0.1, 0.15) is 32.3 Å². The average Bonchev–Trinajstić information content (AvgIpc) is 2.69. The first-order valence-electron chi connectivity index (χ1n) is 6.68. The highest BCUT2D eigenvalue weighted by atomic mass is 16.3. The second kappa shape index (κ2) is 5.00. The van der Waals surface area contributed by atoms with Gasteiger partial charge in [-0.25, -0.2) is 0 Å². The van der Waals surface area contributed by atoms with Gasteiger partial charge in [0.1, 0.15) is 0 Å². The van der Waals surface area contributed by atoms with Gasteiger partial charge in [0.15, 0.2) is 0 Å². The zero-order valence-electron chi connectivity index (χ0n) is 11.4. The maximum absolute atomic E-state index is 9.72. The summed E-state index contributed by atoms with van der Waals surface area (Å²) in [6.45, 7) is 6.26. The molecule has 2 rings (SSSR count). The minimum Gasteiger partial charge on any atom is -0.394 e. The highest BCUT2D eigenvalue weighted by Gasteiger charge is 2.38. The number of likely N-dealkylation sites (tertiary alicyclic amines) is 1. The summed E-state index contributed by atoms with van der Waals surface area (Å²) in [6, 6.07) is 9.92. The lowest BCUT2D eigenvalue weighted by molar-refractivity contribution is 0.0964. The maximum Gasteiger partial charge on any atom is 0.0773 e. The van der Waals surface area contributed by atoms with Crippen LogP contribution in [0, 0.1) is 0 Å². The third kappa shape index (κ3) is 2.58. The van der Waals surface area contributed by atoms with Crippen LogP contribution >= 0.6 is 0 Å². The molecule has 3 N–H and O–H groups in total. The summed E-state index contributed by atoms with van der Waals surface area (Å²) in [5, 5.41) is 9.72. The van der Waals surface area contributed by atoms with E-state index in [4.69, 9.17) is 5.73 Å². The second-order valence-electron chi connectivity index (χ2n) is 6.02. The average molecular weight is 248 g/mol. The smallest absolute Gasteiger partial charge is 0.0773 e. The Bertz CT molecular complexity index is 391. The van der Waals surface area contributed by atoms with Crippen LogP contribution in [0.25, 0.3) is 0 Å². The molecule has 0 radical (unpaired) electrons. The number of hydrogen-bond donors (Lipinski definition) is 2. The maximum atomic E-state index is 9.72. The lowest BCUT2D eigenvalue weighted by Crippen LogP contribution is -2.53. The standard InChI is InChI=1S/C15H24N2O/c1-14(2)9-6-10-17(14)11-15(16,12-18)13-7-4-3-5-8-13/h3-5,7-8,18H,6,9-12,16H2,1-2H3. The van der Waals surface area contributed by atoms with Crippen molar-refractivity contribution < 1.29 is 5.11 Å². The molecular weight excluding hydrogens is 224 g/mol. The third-order valence-corrected chi connectivity index (χ3v) is 4.18. The molecule has 0 amide bonds. The van der Waals surface area contributed by atoms with Crippen molar-refractivity contribution in [3.8, 4) is 0 Å². The molecule has 1 aromatic carbocycles. The first kappa shape index (κ1) is 13.5. The molecule has 1 unspecified atom stereocenters. The fourth-order valence-electron chi connectivity index (χ4n) is 2.80. The fourth-order valence-corrected chi connectivity index (χ4v) is 2.80. The van der Waals surface area contributed by atoms with Crippen LogP contribution in [0.3, 0.4) is 0 Å². The van der Waals surface area contributed by atoms with Gasteiger partial charge in [-0.15, -0.1) is 0 Å². The second-order valence-corrected chi connectivity index (χ2v) is 6.02. The zero-order chi connectivity index (χ0) is 13.2. The fraction of sp³-hybridized carbons (Fsp3) is 0.600. The summed E-state index contributed by atoms with van der Waals surface area (Å²) >= 11 is 0. The summed E-state index contributed by atoms with van der Waals surface area (Å²) in [5.41, 5.74) is 6.96. The Morgan fingerprint density at radius 3 is 2.50 bits per heavy atom. The SMILES string of the molecule is CC1(C)CCCN1CC(N)(CO)c1ccccc1. The first-order chi connectivity index (χ1) is 8.48. The number of nitrogens with zero attached hydrogens (tertiary/aromatic N) is 1. The molecule has 0 aliphatic carbocycles. The summed E-state index contributed by atoms with van der Waals surface area (Å²) in [6.07, 6.45) is 2.41. The number of hydrogen-bond acceptors (Lipinski definition) is 3. The van der Waals surface area contributed by atoms with Gasteiger partial charge in [-0.2, -0.15) is 0 Å². The number of benzene rings is 1. The molecule has 100 valence electrons. The van der Waals surface area contributed by atoms with Crippen molar-refractivity contribution in [2.75, 3.05) is 19.7 Å². The summed E-state index contributed by atoms with van der Waals surface area (Å²) in [4.78, 5) is 2.40. The summed E-state index contributed by atoms with van der Waals surface area (Å²) in [5.74, 6) is 0. The number of rotatable bonds is 4. The molecule has 1 fully saturated rings. The van der Waals surface area contributed by atoms with Crippen molar-refractivity contribution in [2.45, 2.75) is 37.8 Å². The van der Waals surface area contributed by atoms with Crippen LogP contribution in [0.5, 0.6) is 0 Å². The van der Waals surface area contributed by atoms with Crippen LogP contribution in [-0.2, 0) is 5.54 Å². The predicted octanol–water partition coefficient (Wildman–Crippen LogP) is 1.71. The highest BCUT2D eigenvalue weighted by molar-refractivity contribution is 5.25. The molecule has 0 bridgehead atoms. The van der Waals surface area contributed by atoms with E-state index in [2.05, 4.69) is 18.7 Å². The Hall–Kier alpha value is -0.900. The van der Waals surface area contributed by atoms with Crippen LogP contribution in [0.15, 0.2) is 30.3 Å². The van der Waals surface area contributed by atoms with Gasteiger partial charge in [-0.1, -0.05) is 30.3 Å². The van der Waals surface area contributed by atoms with Crippen molar-refractivity contribution in [3.05, 3.63) is 35.9 Å². The van der Waals surface area contributed by atoms with E-state index < -0.39 is 5.54 Å². The predicted molar refractivity (Wildman–Crippen MR) is 74.3 cm³/mol. The van der Waals surface area contributed by atoms with E-state index in [0.717, 1.165) is 12.1 Å². The summed E-state index contributed by atoms with van der Waals surface area (Å²) < 4.78 is 0. The molecule has 1 atom stereocenters. The topological polar surface area (TPSA) is 49.5 Å². The molecule has 3 nitrogen and oxygen atoms in total. The Morgan fingerprint density at radius 1 is 1.33 bits per heavy atom. The molecule has 1 aliphatic rings. The van der Waals surface area contributed by atoms with Gasteiger partial charge in [0.05, 0.1) is 12.1 Å². The molecule has 0 spiro atoms. The van der Waals surface area contributed by atoms with Crippen LogP contribution < -0.4 is 5.73 Å². The van der Waals surface area contributed by atoms with Gasteiger partial charge in [-0.3, -0.25) is 4.90 Å². The Labute approximate surface area is 110 Å². The van der Waals surface area contributed by atoms with Crippen LogP contribution in [0.4, 0.5) is 0 Å². The minimum atomic E-state index is -0.664. The molecule has 1 saturated heterocycles. The molecule has 0 saturated carbocycles. The van der Waals surface area contributed by atoms with Gasteiger partial charge >= 0.3 is 0 Å². The van der Waals surface area contributed by atoms with Gasteiger partial charge < -0.3 is 10.8 Å². The normalized spacial score (nSPS) is 22.9. The molecule has 18 heavy (non-hydrogen) atoms. The number of aliphatic hydroxyl groups is 1. The van der Waals surface area contributed by atoms with E-state index in [0.29, 0.717) is 6.54 Å². The molecule has 1 heterocycles. The van der Waals surface area contributed by atoms with Crippen LogP contribution in [-0.4, -0.2) is 35.2 Å². The van der Waals surface area contributed by atoms with Crippen molar-refractivity contribution in [1.29, 1.82) is 0 Å². The van der Waals surface area contributed by atoms with E-state index in [1.54, 1.807) is 0 Å². The third-order valence-electron chi connectivity index (χ3n) is 4.18. The largest absolute Gasteiger partial charge is 0.394 e.